The number of phenols is 1. The highest BCUT2D eigenvalue weighted by Gasteiger charge is 2.40. The summed E-state index contributed by atoms with van der Waals surface area (Å²) < 4.78 is 10.5. The lowest BCUT2D eigenvalue weighted by atomic mass is 10.0. The fraction of sp³-hybridized carbons (Fsp3) is 0.333. The molecule has 2 aromatic carbocycles. The number of aromatic hydroxyl groups is 1. The average Bonchev–Trinajstić information content (AvgIpc) is 2.49. The third-order valence-electron chi connectivity index (χ3n) is 3.56. The normalized spacial score (nSPS) is 29.5. The Kier molecular flexibility index (Phi) is 3.69. The molecule has 6 heteroatoms. The van der Waals surface area contributed by atoms with Crippen molar-refractivity contribution in [3.05, 3.63) is 36.4 Å². The number of aliphatic hydroxyl groups excluding tert-OH is 3. The van der Waals surface area contributed by atoms with Crippen LogP contribution in [0.3, 0.4) is 0 Å². The number of ether oxygens (including phenoxy) is 2. The van der Waals surface area contributed by atoms with Gasteiger partial charge in [-0.3, -0.25) is 0 Å². The van der Waals surface area contributed by atoms with Crippen molar-refractivity contribution in [3.63, 3.8) is 0 Å². The van der Waals surface area contributed by atoms with Gasteiger partial charge in [-0.05, 0) is 11.5 Å². The second-order valence-electron chi connectivity index (χ2n) is 5.00. The van der Waals surface area contributed by atoms with Gasteiger partial charge in [-0.2, -0.15) is 0 Å². The first kappa shape index (κ1) is 14.1. The van der Waals surface area contributed by atoms with Crippen LogP contribution in [0.15, 0.2) is 36.4 Å². The molecule has 0 saturated carbocycles. The largest absolute Gasteiger partial charge is 0.504 e. The third-order valence-corrected chi connectivity index (χ3v) is 3.56. The van der Waals surface area contributed by atoms with Crippen molar-refractivity contribution >= 4 is 10.8 Å². The molecule has 0 amide bonds. The summed E-state index contributed by atoms with van der Waals surface area (Å²) in [5.74, 6) is 0.0158. The van der Waals surface area contributed by atoms with E-state index in [1.165, 1.54) is 6.07 Å². The number of hydrogen-bond acceptors (Lipinski definition) is 6. The van der Waals surface area contributed by atoms with Crippen LogP contribution in [0.25, 0.3) is 10.8 Å². The van der Waals surface area contributed by atoms with Gasteiger partial charge in [-0.1, -0.05) is 30.3 Å². The minimum absolute atomic E-state index is 0.117. The maximum atomic E-state index is 9.99. The monoisotopic (exact) mass is 292 g/mol. The Hall–Kier alpha value is -1.86. The van der Waals surface area contributed by atoms with E-state index in [0.29, 0.717) is 5.39 Å². The molecule has 6 nitrogen and oxygen atoms in total. The maximum Gasteiger partial charge on any atom is 0.195 e. The van der Waals surface area contributed by atoms with Crippen molar-refractivity contribution in [3.8, 4) is 11.5 Å². The molecular formula is C15H16O6. The zero-order valence-corrected chi connectivity index (χ0v) is 11.1. The summed E-state index contributed by atoms with van der Waals surface area (Å²) in [5.41, 5.74) is 0. The van der Waals surface area contributed by atoms with Gasteiger partial charge < -0.3 is 29.9 Å². The second kappa shape index (κ2) is 5.50. The lowest BCUT2D eigenvalue weighted by Crippen LogP contribution is -2.55. The summed E-state index contributed by atoms with van der Waals surface area (Å²) in [4.78, 5) is 0. The van der Waals surface area contributed by atoms with Crippen molar-refractivity contribution in [2.24, 2.45) is 0 Å². The molecule has 0 radical (unpaired) electrons. The Morgan fingerprint density at radius 1 is 1.05 bits per heavy atom. The van der Waals surface area contributed by atoms with Crippen molar-refractivity contribution in [2.75, 3.05) is 6.61 Å². The molecule has 0 aromatic heterocycles. The molecule has 1 fully saturated rings. The Morgan fingerprint density at radius 3 is 2.62 bits per heavy atom. The summed E-state index contributed by atoms with van der Waals surface area (Å²) in [6, 6.07) is 10.4. The molecule has 1 heterocycles. The minimum atomic E-state index is -1.39. The summed E-state index contributed by atoms with van der Waals surface area (Å²) in [6.07, 6.45) is -5.05. The van der Waals surface area contributed by atoms with Gasteiger partial charge in [0.25, 0.3) is 0 Å². The fourth-order valence-corrected chi connectivity index (χ4v) is 2.40. The molecular weight excluding hydrogens is 276 g/mol. The van der Waals surface area contributed by atoms with Gasteiger partial charge in [0, 0.05) is 5.39 Å². The van der Waals surface area contributed by atoms with E-state index in [-0.39, 0.29) is 18.1 Å². The molecule has 4 N–H and O–H groups in total. The van der Waals surface area contributed by atoms with Gasteiger partial charge in [0.15, 0.2) is 23.9 Å². The second-order valence-corrected chi connectivity index (χ2v) is 5.00. The van der Waals surface area contributed by atoms with Crippen LogP contribution >= 0.6 is 0 Å². The SMILES string of the molecule is Oc1ccc2ccccc2c1O[C@@H]1[C@@H](O)[C@H](O)CO[C@H]1O. The fourth-order valence-electron chi connectivity index (χ4n) is 2.40. The van der Waals surface area contributed by atoms with E-state index in [9.17, 15) is 20.4 Å². The van der Waals surface area contributed by atoms with Crippen LogP contribution in [0.1, 0.15) is 0 Å². The molecule has 0 bridgehead atoms. The van der Waals surface area contributed by atoms with Crippen LogP contribution in [-0.4, -0.2) is 51.6 Å². The highest BCUT2D eigenvalue weighted by molar-refractivity contribution is 5.90. The maximum absolute atomic E-state index is 9.99. The standard InChI is InChI=1S/C15H16O6/c16-10-6-5-8-3-1-2-4-9(8)13(10)21-14-12(18)11(17)7-20-15(14)19/h1-6,11-12,14-19H,7H2/t11-,12+,14-,15-/m1/s1. The average molecular weight is 292 g/mol. The summed E-state index contributed by atoms with van der Waals surface area (Å²) >= 11 is 0. The van der Waals surface area contributed by atoms with Crippen molar-refractivity contribution in [1.29, 1.82) is 0 Å². The molecule has 3 rings (SSSR count). The van der Waals surface area contributed by atoms with E-state index in [1.807, 2.05) is 12.1 Å². The van der Waals surface area contributed by atoms with Gasteiger partial charge in [0.2, 0.25) is 0 Å². The molecule has 0 aliphatic carbocycles. The topological polar surface area (TPSA) is 99.4 Å². The van der Waals surface area contributed by atoms with Crippen LogP contribution in [-0.2, 0) is 4.74 Å². The molecule has 21 heavy (non-hydrogen) atoms. The zero-order valence-electron chi connectivity index (χ0n) is 11.1. The van der Waals surface area contributed by atoms with Crippen LogP contribution in [0.2, 0.25) is 0 Å². The van der Waals surface area contributed by atoms with Gasteiger partial charge in [0.05, 0.1) is 6.61 Å². The predicted molar refractivity (Wildman–Crippen MR) is 74.0 cm³/mol. The van der Waals surface area contributed by atoms with Crippen molar-refractivity contribution in [2.45, 2.75) is 24.6 Å². The van der Waals surface area contributed by atoms with Gasteiger partial charge in [-0.25, -0.2) is 0 Å². The molecule has 112 valence electrons. The van der Waals surface area contributed by atoms with E-state index in [1.54, 1.807) is 18.2 Å². The first-order chi connectivity index (χ1) is 10.1. The lowest BCUT2D eigenvalue weighted by molar-refractivity contribution is -0.244. The number of fused-ring (bicyclic) bond motifs is 1. The molecule has 1 aliphatic rings. The predicted octanol–water partition coefficient (Wildman–Crippen LogP) is 0.363. The number of aliphatic hydroxyl groups is 3. The highest BCUT2D eigenvalue weighted by atomic mass is 16.6. The smallest absolute Gasteiger partial charge is 0.195 e. The van der Waals surface area contributed by atoms with E-state index in [0.717, 1.165) is 5.39 Å². The Balaban J connectivity index is 1.99. The Morgan fingerprint density at radius 2 is 1.81 bits per heavy atom. The Labute approximate surface area is 120 Å². The highest BCUT2D eigenvalue weighted by Crippen LogP contribution is 2.36. The van der Waals surface area contributed by atoms with Crippen LogP contribution in [0.5, 0.6) is 11.5 Å². The van der Waals surface area contributed by atoms with Gasteiger partial charge in [-0.15, -0.1) is 0 Å². The third kappa shape index (κ3) is 2.54. The molecule has 0 spiro atoms. The number of phenolic OH excluding ortho intramolecular Hbond substituents is 1. The van der Waals surface area contributed by atoms with Gasteiger partial charge >= 0.3 is 0 Å². The summed E-state index contributed by atoms with van der Waals surface area (Å²) in [5, 5.41) is 40.8. The first-order valence-electron chi connectivity index (χ1n) is 6.61. The zero-order chi connectivity index (χ0) is 15.0. The van der Waals surface area contributed by atoms with Crippen molar-refractivity contribution < 1.29 is 29.9 Å². The van der Waals surface area contributed by atoms with Crippen LogP contribution in [0, 0.1) is 0 Å². The molecule has 2 aromatic rings. The summed E-state index contributed by atoms with van der Waals surface area (Å²) in [7, 11) is 0. The van der Waals surface area contributed by atoms with E-state index in [4.69, 9.17) is 9.47 Å². The quantitative estimate of drug-likeness (QED) is 0.638. The summed E-state index contributed by atoms with van der Waals surface area (Å²) in [6.45, 7) is -0.177. The van der Waals surface area contributed by atoms with Gasteiger partial charge in [0.1, 0.15) is 12.2 Å². The number of benzene rings is 2. The number of hydrogen-bond donors (Lipinski definition) is 4. The van der Waals surface area contributed by atoms with Crippen molar-refractivity contribution in [1.82, 2.24) is 0 Å². The molecule has 4 atom stereocenters. The first-order valence-corrected chi connectivity index (χ1v) is 6.61. The minimum Gasteiger partial charge on any atom is -0.504 e. The van der Waals surface area contributed by atoms with E-state index in [2.05, 4.69) is 0 Å². The molecule has 1 aliphatic heterocycles. The van der Waals surface area contributed by atoms with E-state index < -0.39 is 24.6 Å². The van der Waals surface area contributed by atoms with E-state index >= 15 is 0 Å². The molecule has 0 unspecified atom stereocenters. The van der Waals surface area contributed by atoms with Crippen LogP contribution < -0.4 is 4.74 Å². The Bertz CT molecular complexity index is 643. The lowest BCUT2D eigenvalue weighted by Gasteiger charge is -2.35. The molecule has 1 saturated heterocycles. The van der Waals surface area contributed by atoms with Crippen LogP contribution in [0.4, 0.5) is 0 Å². The number of rotatable bonds is 2.